The minimum absolute atomic E-state index is 0.0182. The van der Waals surface area contributed by atoms with Gasteiger partial charge in [0.1, 0.15) is 12.3 Å². The van der Waals surface area contributed by atoms with Crippen LogP contribution < -0.4 is 0 Å². The Kier molecular flexibility index (Phi) is 10.4. The summed E-state index contributed by atoms with van der Waals surface area (Å²) < 4.78 is 75.6. The van der Waals surface area contributed by atoms with E-state index in [1.54, 1.807) is 13.8 Å². The third-order valence-electron chi connectivity index (χ3n) is 9.46. The molecule has 1 heterocycles. The lowest BCUT2D eigenvalue weighted by atomic mass is 9.72. The normalized spacial score (nSPS) is 42.8. The number of sulfonamides is 1. The molecule has 220 valence electrons. The van der Waals surface area contributed by atoms with Crippen LogP contribution in [0, 0.1) is 17.8 Å². The fourth-order valence-corrected chi connectivity index (χ4v) is 10.1. The Morgan fingerprint density at radius 1 is 1.03 bits per heavy atom. The predicted octanol–water partition coefficient (Wildman–Crippen LogP) is 4.79. The number of hydrogen-bond acceptors (Lipinski definition) is 6. The quantitative estimate of drug-likeness (QED) is 0.302. The molecule has 0 N–H and O–H groups in total. The number of carbonyl (C=O) groups is 1. The molecule has 11 heteroatoms. The molecule has 0 spiro atoms. The van der Waals surface area contributed by atoms with Gasteiger partial charge in [-0.25, -0.2) is 17.2 Å². The fourth-order valence-electron chi connectivity index (χ4n) is 7.24. The maximum Gasteiger partial charge on any atom is 0.310 e. The molecule has 4 aliphatic rings. The molecule has 4 fully saturated rings. The van der Waals surface area contributed by atoms with Gasteiger partial charge in [-0.05, 0) is 84.0 Å². The van der Waals surface area contributed by atoms with Gasteiger partial charge in [0.25, 0.3) is 0 Å². The number of fused-ring (bicyclic) bond motifs is 1. The first kappa shape index (κ1) is 30.4. The van der Waals surface area contributed by atoms with E-state index in [-0.39, 0.29) is 67.8 Å². The van der Waals surface area contributed by atoms with Gasteiger partial charge in [-0.15, -0.1) is 11.6 Å². The third kappa shape index (κ3) is 6.34. The number of nitrogens with zero attached hydrogens (tertiary/aromatic N) is 1. The zero-order chi connectivity index (χ0) is 27.6. The SMILES string of the molecule is CCOC(=O)[C@@H]1CC2CCC(OCC3C(F)CCCC3Cl)CC2N(S(=O)(=O)C2CCC(F)C(OC)C2)[C@@H]1C. The number of carbonyl (C=O) groups excluding carboxylic acids is 1. The van der Waals surface area contributed by atoms with E-state index in [0.29, 0.717) is 32.1 Å². The highest BCUT2D eigenvalue weighted by molar-refractivity contribution is 7.89. The summed E-state index contributed by atoms with van der Waals surface area (Å²) in [7, 11) is -2.48. The molecule has 3 saturated carbocycles. The maximum absolute atomic E-state index is 14.5. The Morgan fingerprint density at radius 2 is 1.79 bits per heavy atom. The van der Waals surface area contributed by atoms with E-state index < -0.39 is 45.7 Å². The molecule has 0 aromatic heterocycles. The van der Waals surface area contributed by atoms with Crippen molar-refractivity contribution in [1.29, 1.82) is 0 Å². The van der Waals surface area contributed by atoms with Gasteiger partial charge in [0, 0.05) is 30.5 Å². The van der Waals surface area contributed by atoms with Crippen LogP contribution in [-0.2, 0) is 29.0 Å². The molecule has 4 rings (SSSR count). The molecule has 7 nitrogen and oxygen atoms in total. The molecular formula is C27H44ClF2NO6S. The molecule has 0 radical (unpaired) electrons. The summed E-state index contributed by atoms with van der Waals surface area (Å²) in [6.45, 7) is 3.97. The largest absolute Gasteiger partial charge is 0.466 e. The van der Waals surface area contributed by atoms with Crippen molar-refractivity contribution in [3.05, 3.63) is 0 Å². The first-order valence-corrected chi connectivity index (χ1v) is 16.3. The second-order valence-electron chi connectivity index (χ2n) is 11.7. The Hall–Kier alpha value is -0.550. The van der Waals surface area contributed by atoms with E-state index in [2.05, 4.69) is 0 Å². The molecule has 38 heavy (non-hydrogen) atoms. The molecule has 1 saturated heterocycles. The van der Waals surface area contributed by atoms with Crippen molar-refractivity contribution in [2.24, 2.45) is 17.8 Å². The zero-order valence-electron chi connectivity index (χ0n) is 22.8. The van der Waals surface area contributed by atoms with Crippen LogP contribution in [0.25, 0.3) is 0 Å². The first-order chi connectivity index (χ1) is 18.1. The van der Waals surface area contributed by atoms with E-state index in [1.807, 2.05) is 0 Å². The average Bonchev–Trinajstić information content (AvgIpc) is 2.88. The van der Waals surface area contributed by atoms with Crippen LogP contribution in [0.2, 0.25) is 0 Å². The Morgan fingerprint density at radius 3 is 2.47 bits per heavy atom. The second-order valence-corrected chi connectivity index (χ2v) is 14.3. The summed E-state index contributed by atoms with van der Waals surface area (Å²) in [6, 6.07) is -0.938. The van der Waals surface area contributed by atoms with Crippen LogP contribution in [0.15, 0.2) is 0 Å². The van der Waals surface area contributed by atoms with Gasteiger partial charge < -0.3 is 14.2 Å². The smallest absolute Gasteiger partial charge is 0.310 e. The van der Waals surface area contributed by atoms with E-state index >= 15 is 0 Å². The highest BCUT2D eigenvalue weighted by Crippen LogP contribution is 2.45. The number of rotatable bonds is 8. The monoisotopic (exact) mass is 583 g/mol. The van der Waals surface area contributed by atoms with Gasteiger partial charge in [0.05, 0.1) is 36.6 Å². The molecule has 0 aromatic rings. The Labute approximate surface area is 231 Å². The topological polar surface area (TPSA) is 82.1 Å². The lowest BCUT2D eigenvalue weighted by Crippen LogP contribution is -2.62. The van der Waals surface area contributed by atoms with Gasteiger partial charge in [0.2, 0.25) is 10.0 Å². The molecule has 0 bridgehead atoms. The summed E-state index contributed by atoms with van der Waals surface area (Å²) in [5.74, 6) is -1.32. The van der Waals surface area contributed by atoms with Gasteiger partial charge in [-0.3, -0.25) is 4.79 Å². The molecule has 9 unspecified atom stereocenters. The summed E-state index contributed by atoms with van der Waals surface area (Å²) in [5.41, 5.74) is 0. The van der Waals surface area contributed by atoms with Gasteiger partial charge in [0.15, 0.2) is 0 Å². The van der Waals surface area contributed by atoms with Crippen LogP contribution in [0.4, 0.5) is 8.78 Å². The van der Waals surface area contributed by atoms with E-state index in [1.165, 1.54) is 11.4 Å². The predicted molar refractivity (Wildman–Crippen MR) is 141 cm³/mol. The van der Waals surface area contributed by atoms with Crippen molar-refractivity contribution >= 4 is 27.6 Å². The molecule has 1 aliphatic heterocycles. The third-order valence-corrected chi connectivity index (χ3v) is 12.5. The Bertz CT molecular complexity index is 902. The number of hydrogen-bond donors (Lipinski definition) is 0. The number of piperidine rings is 1. The van der Waals surface area contributed by atoms with Crippen molar-refractivity contribution in [3.63, 3.8) is 0 Å². The van der Waals surface area contributed by atoms with Crippen LogP contribution in [0.5, 0.6) is 0 Å². The standard InChI is InChI=1S/C27H44ClF2NO6S/c1-4-36-27(32)20-12-17-8-9-18(37-15-21-22(28)6-5-7-23(21)29)13-25(17)31(16(20)2)38(33,34)19-10-11-24(30)26(14-19)35-3/h16-26H,4-15H2,1-3H3/t16-,17?,18?,19?,20-,21?,22?,23?,24?,25?,26?/m1/s1. The van der Waals surface area contributed by atoms with Crippen molar-refractivity contribution in [2.75, 3.05) is 20.3 Å². The van der Waals surface area contributed by atoms with Crippen molar-refractivity contribution < 1.29 is 36.2 Å². The number of ether oxygens (including phenoxy) is 3. The number of methoxy groups -OCH3 is 1. The minimum Gasteiger partial charge on any atom is -0.466 e. The number of esters is 1. The molecule has 0 aromatic carbocycles. The second kappa shape index (κ2) is 13.0. The molecule has 0 amide bonds. The van der Waals surface area contributed by atoms with Gasteiger partial charge >= 0.3 is 5.97 Å². The van der Waals surface area contributed by atoms with Crippen molar-refractivity contribution in [2.45, 2.75) is 125 Å². The fraction of sp³-hybridized carbons (Fsp3) is 0.963. The van der Waals surface area contributed by atoms with E-state index in [4.69, 9.17) is 25.8 Å². The molecule has 3 aliphatic carbocycles. The van der Waals surface area contributed by atoms with Crippen LogP contribution >= 0.6 is 11.6 Å². The average molecular weight is 584 g/mol. The van der Waals surface area contributed by atoms with Crippen molar-refractivity contribution in [3.8, 4) is 0 Å². The highest BCUT2D eigenvalue weighted by atomic mass is 35.5. The lowest BCUT2D eigenvalue weighted by Gasteiger charge is -2.51. The van der Waals surface area contributed by atoms with Gasteiger partial charge in [-0.1, -0.05) is 0 Å². The van der Waals surface area contributed by atoms with E-state index in [9.17, 15) is 22.0 Å². The van der Waals surface area contributed by atoms with Gasteiger partial charge in [-0.2, -0.15) is 4.31 Å². The summed E-state index contributed by atoms with van der Waals surface area (Å²) in [4.78, 5) is 12.9. The minimum atomic E-state index is -3.89. The van der Waals surface area contributed by atoms with Crippen LogP contribution in [0.3, 0.4) is 0 Å². The maximum atomic E-state index is 14.5. The first-order valence-electron chi connectivity index (χ1n) is 14.3. The van der Waals surface area contributed by atoms with Crippen LogP contribution in [0.1, 0.15) is 78.1 Å². The lowest BCUT2D eigenvalue weighted by molar-refractivity contribution is -0.154. The number of alkyl halides is 3. The molecule has 11 atom stereocenters. The summed E-state index contributed by atoms with van der Waals surface area (Å²) in [6.07, 6.45) is 1.76. The Balaban J connectivity index is 1.54. The summed E-state index contributed by atoms with van der Waals surface area (Å²) in [5, 5.41) is -1.04. The van der Waals surface area contributed by atoms with Crippen molar-refractivity contribution in [1.82, 2.24) is 4.31 Å². The zero-order valence-corrected chi connectivity index (χ0v) is 24.3. The summed E-state index contributed by atoms with van der Waals surface area (Å²) >= 11 is 6.41. The number of halogens is 3. The van der Waals surface area contributed by atoms with E-state index in [0.717, 1.165) is 12.8 Å². The highest BCUT2D eigenvalue weighted by Gasteiger charge is 2.53. The molecular weight excluding hydrogens is 540 g/mol. The van der Waals surface area contributed by atoms with Crippen LogP contribution in [-0.4, -0.2) is 86.3 Å².